The van der Waals surface area contributed by atoms with Crippen LogP contribution in [-0.2, 0) is 11.2 Å². The van der Waals surface area contributed by atoms with Gasteiger partial charge in [0.1, 0.15) is 5.75 Å². The molecule has 0 heterocycles. The fourth-order valence-corrected chi connectivity index (χ4v) is 2.86. The second kappa shape index (κ2) is 5.95. The monoisotopic (exact) mass is 344 g/mol. The number of ether oxygens (including phenoxy) is 1. The molecule has 124 valence electrons. The Balaban J connectivity index is 2.14. The van der Waals surface area contributed by atoms with Crippen molar-refractivity contribution in [3.8, 4) is 16.9 Å². The van der Waals surface area contributed by atoms with Gasteiger partial charge in [-0.1, -0.05) is 23.7 Å². The summed E-state index contributed by atoms with van der Waals surface area (Å²) in [6.45, 7) is 2.96. The molecule has 3 rings (SSSR count). The average molecular weight is 345 g/mol. The molecule has 0 spiro atoms. The Morgan fingerprint density at radius 2 is 1.79 bits per heavy atom. The summed E-state index contributed by atoms with van der Waals surface area (Å²) in [5, 5.41) is 9.95. The van der Waals surface area contributed by atoms with E-state index in [2.05, 4.69) is 0 Å². The second-order valence-electron chi connectivity index (χ2n) is 6.35. The van der Waals surface area contributed by atoms with E-state index in [9.17, 15) is 14.7 Å². The van der Waals surface area contributed by atoms with Crippen molar-refractivity contribution >= 4 is 23.4 Å². The summed E-state index contributed by atoms with van der Waals surface area (Å²) in [7, 11) is 0. The number of ketones is 1. The lowest BCUT2D eigenvalue weighted by Gasteiger charge is -2.24. The molecule has 0 amide bonds. The van der Waals surface area contributed by atoms with E-state index >= 15 is 0 Å². The van der Waals surface area contributed by atoms with E-state index in [1.807, 2.05) is 18.2 Å². The molecule has 1 N–H and O–H groups in total. The first-order valence-corrected chi connectivity index (χ1v) is 8.04. The lowest BCUT2D eigenvalue weighted by atomic mass is 9.98. The van der Waals surface area contributed by atoms with Gasteiger partial charge in [0.25, 0.3) is 0 Å². The summed E-state index contributed by atoms with van der Waals surface area (Å²) in [6.07, 6.45) is 1.17. The molecule has 24 heavy (non-hydrogen) atoms. The zero-order chi connectivity index (χ0) is 17.5. The van der Waals surface area contributed by atoms with Crippen LogP contribution in [0.25, 0.3) is 11.1 Å². The number of Topliss-reactive ketones (excluding diaryl/α,β-unsaturated/α-hetero) is 1. The number of aliphatic carboxylic acids is 1. The summed E-state index contributed by atoms with van der Waals surface area (Å²) in [6, 6.07) is 10.8. The van der Waals surface area contributed by atoms with E-state index in [0.29, 0.717) is 29.2 Å². The highest BCUT2D eigenvalue weighted by atomic mass is 35.5. The Bertz CT molecular complexity index is 822. The predicted molar refractivity (Wildman–Crippen MR) is 91.9 cm³/mol. The molecular formula is C19H17ClO4. The van der Waals surface area contributed by atoms with Crippen molar-refractivity contribution in [3.63, 3.8) is 0 Å². The Hall–Kier alpha value is -2.33. The smallest absolute Gasteiger partial charge is 0.347 e. The van der Waals surface area contributed by atoms with Crippen molar-refractivity contribution in [2.45, 2.75) is 32.3 Å². The summed E-state index contributed by atoms with van der Waals surface area (Å²) in [4.78, 5) is 23.4. The molecule has 2 aromatic rings. The minimum absolute atomic E-state index is 0.0608. The van der Waals surface area contributed by atoms with Gasteiger partial charge in [-0.15, -0.1) is 0 Å². The Morgan fingerprint density at radius 1 is 1.12 bits per heavy atom. The van der Waals surface area contributed by atoms with Crippen LogP contribution in [0.2, 0.25) is 5.02 Å². The van der Waals surface area contributed by atoms with Gasteiger partial charge in [-0.2, -0.15) is 0 Å². The maximum Gasteiger partial charge on any atom is 0.347 e. The maximum absolute atomic E-state index is 12.0. The van der Waals surface area contributed by atoms with E-state index < -0.39 is 11.6 Å². The number of carbonyl (C=O) groups excluding carboxylic acids is 1. The number of rotatable bonds is 4. The summed E-state index contributed by atoms with van der Waals surface area (Å²) in [5.41, 5.74) is 1.79. The van der Waals surface area contributed by atoms with Crippen LogP contribution in [0.3, 0.4) is 0 Å². The molecule has 2 aromatic carbocycles. The number of aryl methyl sites for hydroxylation is 1. The van der Waals surface area contributed by atoms with Gasteiger partial charge in [0, 0.05) is 22.6 Å². The average Bonchev–Trinajstić information content (AvgIpc) is 2.88. The van der Waals surface area contributed by atoms with Crippen LogP contribution in [0.4, 0.5) is 0 Å². The number of carboxylic acid groups (broad SMARTS) is 1. The van der Waals surface area contributed by atoms with Gasteiger partial charge in [0.05, 0.1) is 0 Å². The van der Waals surface area contributed by atoms with Crippen molar-refractivity contribution in [2.75, 3.05) is 0 Å². The Labute approximate surface area is 145 Å². The minimum atomic E-state index is -1.41. The molecule has 0 saturated heterocycles. The highest BCUT2D eigenvalue weighted by Gasteiger charge is 2.32. The number of fused-ring (bicyclic) bond motifs is 1. The standard InChI is InChI=1S/C19H17ClO4/c1-19(2,18(22)23)24-17-10-14-12(5-8-16(14)21)9-15(17)11-3-6-13(20)7-4-11/h3-4,6-7,9-10H,5,8H2,1-2H3,(H,22,23). The molecule has 0 saturated carbocycles. The van der Waals surface area contributed by atoms with Gasteiger partial charge in [-0.3, -0.25) is 4.79 Å². The van der Waals surface area contributed by atoms with Crippen LogP contribution in [0.5, 0.6) is 5.75 Å². The zero-order valence-electron chi connectivity index (χ0n) is 13.4. The fraction of sp³-hybridized carbons (Fsp3) is 0.263. The molecule has 1 aliphatic carbocycles. The van der Waals surface area contributed by atoms with Crippen LogP contribution in [0, 0.1) is 0 Å². The van der Waals surface area contributed by atoms with Crippen molar-refractivity contribution in [2.24, 2.45) is 0 Å². The van der Waals surface area contributed by atoms with Gasteiger partial charge in [0.15, 0.2) is 11.4 Å². The molecule has 0 atom stereocenters. The summed E-state index contributed by atoms with van der Waals surface area (Å²) < 4.78 is 5.77. The molecule has 0 bridgehead atoms. The van der Waals surface area contributed by atoms with E-state index in [0.717, 1.165) is 16.7 Å². The number of carbonyl (C=O) groups is 2. The first kappa shape index (κ1) is 16.5. The number of benzene rings is 2. The van der Waals surface area contributed by atoms with Crippen molar-refractivity contribution in [3.05, 3.63) is 52.5 Å². The quantitative estimate of drug-likeness (QED) is 0.894. The molecule has 1 aliphatic rings. The Morgan fingerprint density at radius 3 is 2.42 bits per heavy atom. The highest BCUT2D eigenvalue weighted by molar-refractivity contribution is 6.30. The van der Waals surface area contributed by atoms with Gasteiger partial charge in [-0.25, -0.2) is 4.79 Å². The lowest BCUT2D eigenvalue weighted by molar-refractivity contribution is -0.152. The van der Waals surface area contributed by atoms with Gasteiger partial charge in [0.2, 0.25) is 0 Å². The molecule has 0 aromatic heterocycles. The lowest BCUT2D eigenvalue weighted by Crippen LogP contribution is -2.38. The van der Waals surface area contributed by atoms with Crippen LogP contribution >= 0.6 is 11.6 Å². The Kier molecular flexibility index (Phi) is 4.10. The number of carboxylic acids is 1. The molecule has 4 nitrogen and oxygen atoms in total. The van der Waals surface area contributed by atoms with E-state index in [-0.39, 0.29) is 5.78 Å². The molecule has 0 aliphatic heterocycles. The van der Waals surface area contributed by atoms with E-state index in [1.165, 1.54) is 13.8 Å². The molecule has 0 radical (unpaired) electrons. The van der Waals surface area contributed by atoms with Crippen molar-refractivity contribution in [1.29, 1.82) is 0 Å². The predicted octanol–water partition coefficient (Wildman–Crippen LogP) is 4.38. The number of halogens is 1. The fourth-order valence-electron chi connectivity index (χ4n) is 2.73. The van der Waals surface area contributed by atoms with Gasteiger partial charge < -0.3 is 9.84 Å². The van der Waals surface area contributed by atoms with Crippen molar-refractivity contribution < 1.29 is 19.4 Å². The maximum atomic E-state index is 12.0. The summed E-state index contributed by atoms with van der Waals surface area (Å²) in [5.74, 6) is -0.624. The SMILES string of the molecule is CC(C)(Oc1cc2c(cc1-c1ccc(Cl)cc1)CCC2=O)C(=O)O. The third-order valence-electron chi connectivity index (χ3n) is 4.16. The van der Waals surface area contributed by atoms with Crippen LogP contribution in [-0.4, -0.2) is 22.5 Å². The molecule has 0 unspecified atom stereocenters. The summed E-state index contributed by atoms with van der Waals surface area (Å²) >= 11 is 5.95. The van der Waals surface area contributed by atoms with Crippen LogP contribution in [0.1, 0.15) is 36.2 Å². The second-order valence-corrected chi connectivity index (χ2v) is 6.79. The van der Waals surface area contributed by atoms with Crippen LogP contribution in [0.15, 0.2) is 36.4 Å². The van der Waals surface area contributed by atoms with Gasteiger partial charge >= 0.3 is 5.97 Å². The van der Waals surface area contributed by atoms with Crippen LogP contribution < -0.4 is 4.74 Å². The zero-order valence-corrected chi connectivity index (χ0v) is 14.2. The normalized spacial score (nSPS) is 13.7. The van der Waals surface area contributed by atoms with Crippen molar-refractivity contribution in [1.82, 2.24) is 0 Å². The topological polar surface area (TPSA) is 63.6 Å². The molecule has 0 fully saturated rings. The van der Waals surface area contributed by atoms with Gasteiger partial charge in [-0.05, 0) is 55.7 Å². The molecule has 5 heteroatoms. The molecular weight excluding hydrogens is 328 g/mol. The third-order valence-corrected chi connectivity index (χ3v) is 4.41. The number of hydrogen-bond donors (Lipinski definition) is 1. The first-order chi connectivity index (χ1) is 11.3. The first-order valence-electron chi connectivity index (χ1n) is 7.66. The van der Waals surface area contributed by atoms with E-state index in [4.69, 9.17) is 16.3 Å². The third kappa shape index (κ3) is 3.02. The number of hydrogen-bond acceptors (Lipinski definition) is 3. The highest BCUT2D eigenvalue weighted by Crippen LogP contribution is 2.38. The largest absolute Gasteiger partial charge is 0.478 e. The van der Waals surface area contributed by atoms with E-state index in [1.54, 1.807) is 18.2 Å². The minimum Gasteiger partial charge on any atom is -0.478 e.